The summed E-state index contributed by atoms with van der Waals surface area (Å²) in [5, 5.41) is 5.85. The summed E-state index contributed by atoms with van der Waals surface area (Å²) in [5.41, 5.74) is 1.22. The number of aryl methyl sites for hydroxylation is 1. The molecule has 0 saturated heterocycles. The molecule has 5 nitrogen and oxygen atoms in total. The minimum atomic E-state index is -0.253. The molecule has 2 heterocycles. The lowest BCUT2D eigenvalue weighted by Gasteiger charge is -2.14. The average Bonchev–Trinajstić information content (AvgIpc) is 3.02. The second-order valence-corrected chi connectivity index (χ2v) is 7.38. The Labute approximate surface area is 158 Å². The molecule has 0 spiro atoms. The first-order valence-corrected chi connectivity index (χ1v) is 9.31. The van der Waals surface area contributed by atoms with Gasteiger partial charge >= 0.3 is 0 Å². The van der Waals surface area contributed by atoms with Crippen LogP contribution in [-0.2, 0) is 0 Å². The summed E-state index contributed by atoms with van der Waals surface area (Å²) in [5.74, 6) is 0.612. The largest absolute Gasteiger partial charge is 0.438 e. The highest BCUT2D eigenvalue weighted by atomic mass is 79.9. The zero-order chi connectivity index (χ0) is 17.8. The Morgan fingerprint density at radius 1 is 1.32 bits per heavy atom. The Morgan fingerprint density at radius 2 is 2.16 bits per heavy atom. The van der Waals surface area contributed by atoms with E-state index in [1.54, 1.807) is 29.7 Å². The van der Waals surface area contributed by atoms with Gasteiger partial charge in [0.25, 0.3) is 5.91 Å². The molecule has 0 fully saturated rings. The number of hydrogen-bond donors (Lipinski definition) is 1. The number of nitrogens with one attached hydrogen (secondary N) is 1. The molecular weight excluding hydrogens is 402 g/mol. The van der Waals surface area contributed by atoms with Crippen LogP contribution in [0.1, 0.15) is 34.0 Å². The molecular formula is C18H16BrN3O2S. The average molecular weight is 418 g/mol. The summed E-state index contributed by atoms with van der Waals surface area (Å²) < 4.78 is 6.68. The Bertz CT molecular complexity index is 897. The number of aromatic nitrogens is 2. The predicted octanol–water partition coefficient (Wildman–Crippen LogP) is 4.89. The number of rotatable bonds is 5. The van der Waals surface area contributed by atoms with Crippen molar-refractivity contribution in [3.8, 4) is 11.6 Å². The number of amides is 1. The van der Waals surface area contributed by atoms with Gasteiger partial charge in [-0.25, -0.2) is 9.97 Å². The molecule has 3 rings (SSSR count). The number of ether oxygens (including phenoxy) is 1. The van der Waals surface area contributed by atoms with Gasteiger partial charge in [0, 0.05) is 16.0 Å². The number of carbonyl (C=O) groups excluding carboxylic acids is 1. The van der Waals surface area contributed by atoms with Crippen LogP contribution in [0.25, 0.3) is 0 Å². The normalized spacial score (nSPS) is 11.8. The lowest BCUT2D eigenvalue weighted by molar-refractivity contribution is 0.0936. The maximum Gasteiger partial charge on any atom is 0.257 e. The Balaban J connectivity index is 1.78. The number of thiazole rings is 1. The van der Waals surface area contributed by atoms with Gasteiger partial charge in [-0.2, -0.15) is 0 Å². The van der Waals surface area contributed by atoms with Gasteiger partial charge in [-0.3, -0.25) is 4.79 Å². The van der Waals surface area contributed by atoms with Gasteiger partial charge in [0.15, 0.2) is 0 Å². The van der Waals surface area contributed by atoms with E-state index < -0.39 is 0 Å². The number of carbonyl (C=O) groups is 1. The molecule has 0 bridgehead atoms. The fourth-order valence-corrected chi connectivity index (χ4v) is 3.30. The van der Waals surface area contributed by atoms with Crippen LogP contribution in [0.2, 0.25) is 0 Å². The zero-order valence-electron chi connectivity index (χ0n) is 13.7. The van der Waals surface area contributed by atoms with Crippen LogP contribution in [0.4, 0.5) is 0 Å². The molecule has 3 aromatic rings. The van der Waals surface area contributed by atoms with Crippen molar-refractivity contribution < 1.29 is 9.53 Å². The number of hydrogen-bond acceptors (Lipinski definition) is 5. The quantitative estimate of drug-likeness (QED) is 0.641. The van der Waals surface area contributed by atoms with E-state index in [0.717, 1.165) is 15.2 Å². The number of halogens is 1. The Hall–Kier alpha value is -2.25. The topological polar surface area (TPSA) is 64.1 Å². The van der Waals surface area contributed by atoms with Crippen LogP contribution in [0.5, 0.6) is 11.6 Å². The van der Waals surface area contributed by atoms with Crippen LogP contribution in [0, 0.1) is 6.92 Å². The van der Waals surface area contributed by atoms with E-state index >= 15 is 0 Å². The summed E-state index contributed by atoms with van der Waals surface area (Å²) in [6, 6.07) is 10.6. The molecule has 0 aliphatic rings. The van der Waals surface area contributed by atoms with Crippen LogP contribution in [-0.4, -0.2) is 15.9 Å². The fraction of sp³-hybridized carbons (Fsp3) is 0.167. The summed E-state index contributed by atoms with van der Waals surface area (Å²) in [6.07, 6.45) is 1.59. The summed E-state index contributed by atoms with van der Waals surface area (Å²) in [4.78, 5) is 21.3. The Kier molecular flexibility index (Phi) is 5.45. The van der Waals surface area contributed by atoms with E-state index in [-0.39, 0.29) is 17.8 Å². The molecule has 1 aromatic carbocycles. The van der Waals surface area contributed by atoms with Gasteiger partial charge in [0.1, 0.15) is 11.3 Å². The third kappa shape index (κ3) is 4.43. The molecule has 7 heteroatoms. The molecule has 25 heavy (non-hydrogen) atoms. The molecule has 0 radical (unpaired) electrons. The molecule has 2 aromatic heterocycles. The zero-order valence-corrected chi connectivity index (χ0v) is 16.1. The van der Waals surface area contributed by atoms with Crippen LogP contribution >= 0.6 is 27.3 Å². The molecule has 1 unspecified atom stereocenters. The number of pyridine rings is 1. The van der Waals surface area contributed by atoms with Crippen molar-refractivity contribution in [2.45, 2.75) is 19.9 Å². The second kappa shape index (κ2) is 7.76. The van der Waals surface area contributed by atoms with Gasteiger partial charge in [0.05, 0.1) is 16.7 Å². The Morgan fingerprint density at radius 3 is 2.88 bits per heavy atom. The number of nitrogens with zero attached hydrogens (tertiary/aromatic N) is 2. The van der Waals surface area contributed by atoms with Crippen molar-refractivity contribution in [1.29, 1.82) is 0 Å². The van der Waals surface area contributed by atoms with Crippen LogP contribution in [0.3, 0.4) is 0 Å². The highest BCUT2D eigenvalue weighted by molar-refractivity contribution is 9.10. The maximum atomic E-state index is 12.6. The van der Waals surface area contributed by atoms with Gasteiger partial charge in [0.2, 0.25) is 5.88 Å². The highest BCUT2D eigenvalue weighted by Gasteiger charge is 2.18. The van der Waals surface area contributed by atoms with E-state index in [9.17, 15) is 4.79 Å². The molecule has 1 N–H and O–H groups in total. The monoisotopic (exact) mass is 417 g/mol. The van der Waals surface area contributed by atoms with Crippen molar-refractivity contribution in [2.75, 3.05) is 0 Å². The van der Waals surface area contributed by atoms with E-state index in [1.807, 2.05) is 43.5 Å². The lowest BCUT2D eigenvalue weighted by Crippen LogP contribution is -2.27. The van der Waals surface area contributed by atoms with Gasteiger partial charge in [-0.15, -0.1) is 11.3 Å². The van der Waals surface area contributed by atoms with Gasteiger partial charge in [-0.05, 0) is 44.2 Å². The predicted molar refractivity (Wildman–Crippen MR) is 101 cm³/mol. The van der Waals surface area contributed by atoms with E-state index in [0.29, 0.717) is 11.3 Å². The van der Waals surface area contributed by atoms with E-state index in [4.69, 9.17) is 4.74 Å². The third-order valence-corrected chi connectivity index (χ3v) is 4.74. The van der Waals surface area contributed by atoms with Crippen molar-refractivity contribution in [1.82, 2.24) is 15.3 Å². The summed E-state index contributed by atoms with van der Waals surface area (Å²) in [6.45, 7) is 3.84. The van der Waals surface area contributed by atoms with Gasteiger partial charge in [-0.1, -0.05) is 22.0 Å². The molecule has 0 aliphatic carbocycles. The second-order valence-electron chi connectivity index (χ2n) is 5.40. The first-order valence-electron chi connectivity index (χ1n) is 7.64. The van der Waals surface area contributed by atoms with E-state index in [2.05, 4.69) is 31.2 Å². The van der Waals surface area contributed by atoms with Gasteiger partial charge < -0.3 is 10.1 Å². The minimum absolute atomic E-state index is 0.198. The van der Waals surface area contributed by atoms with Crippen LogP contribution < -0.4 is 10.1 Å². The van der Waals surface area contributed by atoms with Crippen molar-refractivity contribution in [2.24, 2.45) is 0 Å². The fourth-order valence-electron chi connectivity index (χ4n) is 2.21. The molecule has 1 amide bonds. The molecule has 0 aliphatic heterocycles. The summed E-state index contributed by atoms with van der Waals surface area (Å²) >= 11 is 4.96. The molecule has 0 saturated carbocycles. The SMILES string of the molecule is Cc1nc(C(C)NC(=O)c2cccnc2Oc2cccc(Br)c2)cs1. The van der Waals surface area contributed by atoms with Crippen molar-refractivity contribution in [3.05, 3.63) is 68.7 Å². The maximum absolute atomic E-state index is 12.6. The molecule has 128 valence electrons. The smallest absolute Gasteiger partial charge is 0.257 e. The van der Waals surface area contributed by atoms with Crippen molar-refractivity contribution >= 4 is 33.2 Å². The standard InChI is InChI=1S/C18H16BrN3O2S/c1-11(16-10-25-12(2)22-16)21-17(23)15-7-4-8-20-18(15)24-14-6-3-5-13(19)9-14/h3-11H,1-2H3,(H,21,23). The third-order valence-electron chi connectivity index (χ3n) is 3.45. The summed E-state index contributed by atoms with van der Waals surface area (Å²) in [7, 11) is 0. The van der Waals surface area contributed by atoms with Crippen molar-refractivity contribution in [3.63, 3.8) is 0 Å². The van der Waals surface area contributed by atoms with Crippen LogP contribution in [0.15, 0.2) is 52.4 Å². The highest BCUT2D eigenvalue weighted by Crippen LogP contribution is 2.26. The molecule has 1 atom stereocenters. The minimum Gasteiger partial charge on any atom is -0.438 e. The van der Waals surface area contributed by atoms with E-state index in [1.165, 1.54) is 0 Å². The first-order chi connectivity index (χ1) is 12.0. The number of benzene rings is 1. The lowest BCUT2D eigenvalue weighted by atomic mass is 10.2. The first kappa shape index (κ1) is 17.6.